The van der Waals surface area contributed by atoms with Crippen LogP contribution >= 0.6 is 47.8 Å². The van der Waals surface area contributed by atoms with E-state index in [-0.39, 0.29) is 5.97 Å². The molecule has 104 valence electrons. The molecule has 0 saturated carbocycles. The molecule has 0 fully saturated rings. The first kappa shape index (κ1) is 15.7. The van der Waals surface area contributed by atoms with Crippen LogP contribution in [0.5, 0.6) is 0 Å². The summed E-state index contributed by atoms with van der Waals surface area (Å²) in [5.41, 5.74) is 1.63. The van der Waals surface area contributed by atoms with Gasteiger partial charge in [-0.1, -0.05) is 72.1 Å². The van der Waals surface area contributed by atoms with Gasteiger partial charge in [-0.3, -0.25) is 0 Å². The highest BCUT2D eigenvalue weighted by molar-refractivity contribution is 9.11. The van der Waals surface area contributed by atoms with Gasteiger partial charge in [0.15, 0.2) is 4.32 Å². The van der Waals surface area contributed by atoms with Crippen LogP contribution in [0.25, 0.3) is 0 Å². The molecule has 0 unspecified atom stereocenters. The number of methoxy groups -OCH3 is 1. The van der Waals surface area contributed by atoms with Crippen molar-refractivity contribution in [1.82, 2.24) is 0 Å². The van der Waals surface area contributed by atoms with Crippen molar-refractivity contribution >= 4 is 53.8 Å². The van der Waals surface area contributed by atoms with E-state index in [9.17, 15) is 4.79 Å². The summed E-state index contributed by atoms with van der Waals surface area (Å²) in [6, 6.07) is 15.1. The molecule has 0 aliphatic carbocycles. The number of rotatable bonds is 3. The second-order valence-corrected chi connectivity index (χ2v) is 7.18. The predicted molar refractivity (Wildman–Crippen MR) is 90.0 cm³/mol. The van der Waals surface area contributed by atoms with E-state index < -0.39 is 4.32 Å². The topological polar surface area (TPSA) is 26.3 Å². The zero-order chi connectivity index (χ0) is 14.8. The lowest BCUT2D eigenvalue weighted by molar-refractivity contribution is -0.142. The van der Waals surface area contributed by atoms with Gasteiger partial charge in [-0.25, -0.2) is 4.79 Å². The second-order valence-electron chi connectivity index (χ2n) is 4.16. The van der Waals surface area contributed by atoms with Crippen LogP contribution in [0.4, 0.5) is 0 Å². The number of carbonyl (C=O) groups is 1. The molecule has 2 rings (SSSR count). The van der Waals surface area contributed by atoms with Gasteiger partial charge in [-0.15, -0.1) is 0 Å². The molecule has 2 aromatic rings. The van der Waals surface area contributed by atoms with Gasteiger partial charge in [0.25, 0.3) is 0 Å². The smallest absolute Gasteiger partial charge is 0.331 e. The summed E-state index contributed by atoms with van der Waals surface area (Å²) in [4.78, 5) is 12.3. The molecule has 0 N–H and O–H groups in total. The highest BCUT2D eigenvalue weighted by atomic mass is 79.9. The zero-order valence-corrected chi connectivity index (χ0v) is 15.3. The second kappa shape index (κ2) is 6.41. The van der Waals surface area contributed by atoms with E-state index in [0.29, 0.717) is 0 Å². The minimum Gasteiger partial charge on any atom is -0.467 e. The summed E-state index contributed by atoms with van der Waals surface area (Å²) in [5.74, 6) is -0.359. The molecule has 0 heterocycles. The molecule has 20 heavy (non-hydrogen) atoms. The van der Waals surface area contributed by atoms with E-state index in [1.165, 1.54) is 7.11 Å². The SMILES string of the molecule is COC(=O)C(Br)(c1ccc(Br)cc1)c1ccc(Br)cc1. The third-order valence-electron chi connectivity index (χ3n) is 2.95. The molecule has 0 amide bonds. The van der Waals surface area contributed by atoms with Crippen LogP contribution < -0.4 is 0 Å². The van der Waals surface area contributed by atoms with Crippen LogP contribution in [0, 0.1) is 0 Å². The lowest BCUT2D eigenvalue weighted by Gasteiger charge is -2.26. The Balaban J connectivity index is 2.58. The third kappa shape index (κ3) is 3.00. The molecule has 0 aliphatic heterocycles. The molecule has 0 aromatic heterocycles. The number of carbonyl (C=O) groups excluding carboxylic acids is 1. The molecule has 2 nitrogen and oxygen atoms in total. The van der Waals surface area contributed by atoms with E-state index in [2.05, 4.69) is 47.8 Å². The fraction of sp³-hybridized carbons (Fsp3) is 0.133. The number of benzene rings is 2. The van der Waals surface area contributed by atoms with Gasteiger partial charge < -0.3 is 4.74 Å². The van der Waals surface area contributed by atoms with Crippen molar-refractivity contribution in [3.8, 4) is 0 Å². The fourth-order valence-electron chi connectivity index (χ4n) is 1.90. The molecule has 0 saturated heterocycles. The van der Waals surface area contributed by atoms with E-state index in [4.69, 9.17) is 4.74 Å². The number of hydrogen-bond acceptors (Lipinski definition) is 2. The molecule has 0 atom stereocenters. The van der Waals surface area contributed by atoms with E-state index in [1.807, 2.05) is 48.5 Å². The first-order valence-corrected chi connectivity index (χ1v) is 8.16. The molecular formula is C15H11Br3O2. The number of esters is 1. The third-order valence-corrected chi connectivity index (χ3v) is 5.25. The summed E-state index contributed by atoms with van der Waals surface area (Å²) in [6.45, 7) is 0. The normalized spacial score (nSPS) is 11.2. The van der Waals surface area contributed by atoms with Gasteiger partial charge in [0.05, 0.1) is 7.11 Å². The van der Waals surface area contributed by atoms with Crippen LogP contribution in [0.1, 0.15) is 11.1 Å². The van der Waals surface area contributed by atoms with Gasteiger partial charge in [-0.05, 0) is 35.4 Å². The maximum atomic E-state index is 12.3. The summed E-state index contributed by atoms with van der Waals surface area (Å²) in [5, 5.41) is 0. The monoisotopic (exact) mass is 460 g/mol. The van der Waals surface area contributed by atoms with Crippen molar-refractivity contribution in [2.45, 2.75) is 4.32 Å². The molecule has 0 bridgehead atoms. The average molecular weight is 463 g/mol. The zero-order valence-electron chi connectivity index (χ0n) is 10.6. The minimum atomic E-state index is -1.01. The molecule has 0 aliphatic rings. The number of hydrogen-bond donors (Lipinski definition) is 0. The first-order valence-electron chi connectivity index (χ1n) is 5.78. The number of halogens is 3. The first-order chi connectivity index (χ1) is 9.48. The van der Waals surface area contributed by atoms with Gasteiger partial charge >= 0.3 is 5.97 Å². The molecule has 2 aromatic carbocycles. The molecule has 0 spiro atoms. The Morgan fingerprint density at radius 3 is 1.55 bits per heavy atom. The molecule has 5 heteroatoms. The van der Waals surface area contributed by atoms with Crippen LogP contribution in [-0.4, -0.2) is 13.1 Å². The Morgan fingerprint density at radius 2 is 1.25 bits per heavy atom. The average Bonchev–Trinajstić information content (AvgIpc) is 2.47. The van der Waals surface area contributed by atoms with Gasteiger partial charge in [0.2, 0.25) is 0 Å². The summed E-state index contributed by atoms with van der Waals surface area (Å²) in [7, 11) is 1.38. The largest absolute Gasteiger partial charge is 0.467 e. The summed E-state index contributed by atoms with van der Waals surface area (Å²) >= 11 is 10.4. The Hall–Kier alpha value is -0.650. The van der Waals surface area contributed by atoms with Gasteiger partial charge in [0.1, 0.15) is 0 Å². The van der Waals surface area contributed by atoms with Crippen molar-refractivity contribution in [3.63, 3.8) is 0 Å². The summed E-state index contributed by atoms with van der Waals surface area (Å²) in [6.07, 6.45) is 0. The Bertz CT molecular complexity index is 561. The van der Waals surface area contributed by atoms with Crippen molar-refractivity contribution in [2.24, 2.45) is 0 Å². The standard InChI is InChI=1S/C15H11Br3O2/c1-20-14(19)15(18,10-2-6-12(16)7-3-10)11-4-8-13(17)9-5-11/h2-9H,1H3. The maximum absolute atomic E-state index is 12.3. The Kier molecular flexibility index (Phi) is 5.04. The van der Waals surface area contributed by atoms with Crippen molar-refractivity contribution in [1.29, 1.82) is 0 Å². The van der Waals surface area contributed by atoms with Crippen molar-refractivity contribution in [2.75, 3.05) is 7.11 Å². The lowest BCUT2D eigenvalue weighted by atomic mass is 9.91. The quantitative estimate of drug-likeness (QED) is 0.472. The fourth-order valence-corrected chi connectivity index (χ4v) is 3.12. The maximum Gasteiger partial charge on any atom is 0.331 e. The van der Waals surface area contributed by atoms with Crippen LogP contribution in [0.3, 0.4) is 0 Å². The van der Waals surface area contributed by atoms with Crippen LogP contribution in [-0.2, 0) is 13.9 Å². The minimum absolute atomic E-state index is 0.359. The van der Waals surface area contributed by atoms with E-state index >= 15 is 0 Å². The van der Waals surface area contributed by atoms with Crippen LogP contribution in [0.15, 0.2) is 57.5 Å². The number of alkyl halides is 1. The highest BCUT2D eigenvalue weighted by Gasteiger charge is 2.40. The van der Waals surface area contributed by atoms with Crippen LogP contribution in [0.2, 0.25) is 0 Å². The molecule has 0 radical (unpaired) electrons. The molecular weight excluding hydrogens is 452 g/mol. The lowest BCUT2D eigenvalue weighted by Crippen LogP contribution is -2.31. The van der Waals surface area contributed by atoms with Crippen molar-refractivity contribution in [3.05, 3.63) is 68.6 Å². The Labute approximate surface area is 142 Å². The van der Waals surface area contributed by atoms with Crippen molar-refractivity contribution < 1.29 is 9.53 Å². The van der Waals surface area contributed by atoms with Gasteiger partial charge in [-0.2, -0.15) is 0 Å². The van der Waals surface area contributed by atoms with Gasteiger partial charge in [0, 0.05) is 8.95 Å². The highest BCUT2D eigenvalue weighted by Crippen LogP contribution is 2.40. The number of ether oxygens (including phenoxy) is 1. The Morgan fingerprint density at radius 1 is 0.900 bits per heavy atom. The van der Waals surface area contributed by atoms with E-state index in [1.54, 1.807) is 0 Å². The predicted octanol–water partition coefficient (Wildman–Crippen LogP) is 5.02. The van der Waals surface area contributed by atoms with E-state index in [0.717, 1.165) is 20.1 Å². The summed E-state index contributed by atoms with van der Waals surface area (Å²) < 4.78 is 5.88.